The fraction of sp³-hybridized carbons (Fsp3) is 0.600. The van der Waals surface area contributed by atoms with Gasteiger partial charge in [0.2, 0.25) is 5.91 Å². The van der Waals surface area contributed by atoms with Gasteiger partial charge in [-0.3, -0.25) is 9.59 Å². The van der Waals surface area contributed by atoms with E-state index in [1.165, 1.54) is 31.4 Å². The average molecular weight is 586 g/mol. The van der Waals surface area contributed by atoms with E-state index in [9.17, 15) is 35.9 Å². The first-order valence-electron chi connectivity index (χ1n) is 14.1. The zero-order chi connectivity index (χ0) is 29.5. The van der Waals surface area contributed by atoms with Gasteiger partial charge in [-0.1, -0.05) is 24.3 Å². The van der Waals surface area contributed by atoms with E-state index in [0.717, 1.165) is 19.3 Å². The molecule has 0 spiro atoms. The summed E-state index contributed by atoms with van der Waals surface area (Å²) in [6, 6.07) is 6.98. The van der Waals surface area contributed by atoms with Crippen molar-refractivity contribution in [2.24, 2.45) is 11.8 Å². The van der Waals surface area contributed by atoms with E-state index in [1.54, 1.807) is 6.07 Å². The van der Waals surface area contributed by atoms with Crippen LogP contribution in [-0.2, 0) is 26.9 Å². The van der Waals surface area contributed by atoms with Crippen molar-refractivity contribution < 1.29 is 45.4 Å². The quantitative estimate of drug-likeness (QED) is 0.274. The SMILES string of the molecule is COC(=O)C1CC2CCCC(C1)N2C(=O)Cc1ccc2c(C(F)(F)F)c(OC3CCC(C(F)(F)F)CC3)ccc2c1. The summed E-state index contributed by atoms with van der Waals surface area (Å²) in [4.78, 5) is 27.4. The third-order valence-electron chi connectivity index (χ3n) is 8.91. The number of halogens is 6. The number of fused-ring (bicyclic) bond motifs is 3. The lowest BCUT2D eigenvalue weighted by molar-refractivity contribution is -0.185. The summed E-state index contributed by atoms with van der Waals surface area (Å²) < 4.78 is 92.2. The smallest absolute Gasteiger partial charge is 0.420 e. The summed E-state index contributed by atoms with van der Waals surface area (Å²) in [5.41, 5.74) is -0.395. The highest BCUT2D eigenvalue weighted by Crippen LogP contribution is 2.44. The highest BCUT2D eigenvalue weighted by atomic mass is 19.4. The molecule has 0 radical (unpaired) electrons. The van der Waals surface area contributed by atoms with E-state index in [2.05, 4.69) is 0 Å². The Morgan fingerprint density at radius 1 is 0.902 bits per heavy atom. The number of alkyl halides is 6. The van der Waals surface area contributed by atoms with Crippen molar-refractivity contribution in [2.45, 2.75) is 94.7 Å². The van der Waals surface area contributed by atoms with E-state index in [4.69, 9.17) is 9.47 Å². The average Bonchev–Trinajstić information content (AvgIpc) is 2.90. The molecule has 2 saturated heterocycles. The fourth-order valence-electron chi connectivity index (χ4n) is 6.96. The summed E-state index contributed by atoms with van der Waals surface area (Å²) in [6.45, 7) is 0. The predicted molar refractivity (Wildman–Crippen MR) is 138 cm³/mol. The number of benzene rings is 2. The number of carbonyl (C=O) groups excluding carboxylic acids is 2. The Morgan fingerprint density at radius 2 is 1.56 bits per heavy atom. The molecule has 3 fully saturated rings. The Hall–Kier alpha value is -2.98. The lowest BCUT2D eigenvalue weighted by Crippen LogP contribution is -2.56. The van der Waals surface area contributed by atoms with Crippen LogP contribution < -0.4 is 4.74 Å². The predicted octanol–water partition coefficient (Wildman–Crippen LogP) is 7.23. The van der Waals surface area contributed by atoms with Gasteiger partial charge < -0.3 is 14.4 Å². The van der Waals surface area contributed by atoms with Gasteiger partial charge in [0.15, 0.2) is 0 Å². The molecule has 2 unspecified atom stereocenters. The molecule has 1 aliphatic carbocycles. The van der Waals surface area contributed by atoms with Gasteiger partial charge in [0.25, 0.3) is 0 Å². The summed E-state index contributed by atoms with van der Waals surface area (Å²) in [6.07, 6.45) is -6.43. The second-order valence-corrected chi connectivity index (χ2v) is 11.5. The second-order valence-electron chi connectivity index (χ2n) is 11.5. The molecule has 2 aromatic carbocycles. The van der Waals surface area contributed by atoms with E-state index in [-0.39, 0.29) is 67.4 Å². The van der Waals surface area contributed by atoms with Gasteiger partial charge in [-0.25, -0.2) is 0 Å². The molecule has 41 heavy (non-hydrogen) atoms. The van der Waals surface area contributed by atoms with Crippen molar-refractivity contribution in [3.63, 3.8) is 0 Å². The molecule has 2 atom stereocenters. The standard InChI is InChI=1S/C30H33F6NO4/c1-40-28(39)19-15-21-3-2-4-22(16-19)37(21)26(38)14-17-5-11-24-18(13-17)6-12-25(27(24)30(34,35)36)41-23-9-7-20(8-10-23)29(31,32)33/h5-6,11-13,19-23H,2-4,7-10,14-16H2,1H3. The van der Waals surface area contributed by atoms with Crippen molar-refractivity contribution in [2.75, 3.05) is 7.11 Å². The molecule has 1 amide bonds. The maximum absolute atomic E-state index is 14.2. The number of amides is 1. The molecule has 3 aliphatic rings. The third kappa shape index (κ3) is 6.28. The maximum Gasteiger partial charge on any atom is 0.420 e. The van der Waals surface area contributed by atoms with Gasteiger partial charge >= 0.3 is 18.3 Å². The number of piperidine rings is 2. The van der Waals surface area contributed by atoms with Gasteiger partial charge in [0.05, 0.1) is 31.5 Å². The first kappa shape index (κ1) is 29.5. The highest BCUT2D eigenvalue weighted by Gasteiger charge is 2.44. The zero-order valence-corrected chi connectivity index (χ0v) is 22.7. The van der Waals surface area contributed by atoms with Crippen molar-refractivity contribution >= 4 is 22.6 Å². The summed E-state index contributed by atoms with van der Waals surface area (Å²) in [5.74, 6) is -2.47. The molecule has 224 valence electrons. The van der Waals surface area contributed by atoms with Crippen LogP contribution in [0.4, 0.5) is 26.3 Å². The Bertz CT molecular complexity index is 1270. The molecule has 2 heterocycles. The van der Waals surface area contributed by atoms with E-state index >= 15 is 0 Å². The molecule has 0 aromatic heterocycles. The van der Waals surface area contributed by atoms with Crippen molar-refractivity contribution in [3.8, 4) is 5.75 Å². The van der Waals surface area contributed by atoms with Crippen LogP contribution in [0.2, 0.25) is 0 Å². The molecular formula is C30H33F6NO4. The van der Waals surface area contributed by atoms with Gasteiger partial charge in [-0.05, 0) is 80.2 Å². The summed E-state index contributed by atoms with van der Waals surface area (Å²) >= 11 is 0. The lowest BCUT2D eigenvalue weighted by atomic mass is 9.78. The molecule has 5 nitrogen and oxygen atoms in total. The minimum absolute atomic E-state index is 0.0217. The zero-order valence-electron chi connectivity index (χ0n) is 22.7. The van der Waals surface area contributed by atoms with Crippen LogP contribution in [-0.4, -0.2) is 48.3 Å². The molecule has 1 saturated carbocycles. The minimum Gasteiger partial charge on any atom is -0.490 e. The van der Waals surface area contributed by atoms with Gasteiger partial charge in [0, 0.05) is 12.1 Å². The third-order valence-corrected chi connectivity index (χ3v) is 8.91. The monoisotopic (exact) mass is 585 g/mol. The Balaban J connectivity index is 1.33. The first-order chi connectivity index (χ1) is 19.3. The minimum atomic E-state index is -4.75. The first-order valence-corrected chi connectivity index (χ1v) is 14.1. The second kappa shape index (κ2) is 11.4. The molecular weight excluding hydrogens is 552 g/mol. The van der Waals surface area contributed by atoms with Gasteiger partial charge in [0.1, 0.15) is 11.3 Å². The van der Waals surface area contributed by atoms with E-state index in [0.29, 0.717) is 23.8 Å². The number of ether oxygens (including phenoxy) is 2. The number of esters is 1. The largest absolute Gasteiger partial charge is 0.490 e. The Labute approximate surface area is 234 Å². The normalized spacial score (nSPS) is 27.0. The number of nitrogens with zero attached hydrogens (tertiary/aromatic N) is 1. The number of methoxy groups -OCH3 is 1. The van der Waals surface area contributed by atoms with Crippen LogP contribution >= 0.6 is 0 Å². The van der Waals surface area contributed by atoms with Crippen LogP contribution in [0.1, 0.15) is 68.9 Å². The van der Waals surface area contributed by atoms with Gasteiger partial charge in [-0.2, -0.15) is 26.3 Å². The van der Waals surface area contributed by atoms with Crippen LogP contribution in [0, 0.1) is 11.8 Å². The van der Waals surface area contributed by atoms with Crippen molar-refractivity contribution in [1.82, 2.24) is 4.90 Å². The van der Waals surface area contributed by atoms with Crippen LogP contribution in [0.5, 0.6) is 5.75 Å². The van der Waals surface area contributed by atoms with Crippen LogP contribution in [0.15, 0.2) is 30.3 Å². The number of carbonyl (C=O) groups is 2. The number of hydrogen-bond acceptors (Lipinski definition) is 4. The number of hydrogen-bond donors (Lipinski definition) is 0. The molecule has 2 aromatic rings. The Kier molecular flexibility index (Phi) is 8.18. The van der Waals surface area contributed by atoms with Gasteiger partial charge in [-0.15, -0.1) is 0 Å². The topological polar surface area (TPSA) is 55.8 Å². The Morgan fingerprint density at radius 3 is 2.15 bits per heavy atom. The molecule has 0 N–H and O–H groups in total. The van der Waals surface area contributed by atoms with E-state index < -0.39 is 35.7 Å². The molecule has 2 aliphatic heterocycles. The van der Waals surface area contributed by atoms with Crippen molar-refractivity contribution in [3.05, 3.63) is 41.5 Å². The van der Waals surface area contributed by atoms with Crippen LogP contribution in [0.3, 0.4) is 0 Å². The summed E-state index contributed by atoms with van der Waals surface area (Å²) in [5, 5.41) is 0.200. The lowest BCUT2D eigenvalue weighted by Gasteiger charge is -2.48. The molecule has 11 heteroatoms. The van der Waals surface area contributed by atoms with E-state index in [1.807, 2.05) is 4.90 Å². The summed E-state index contributed by atoms with van der Waals surface area (Å²) in [7, 11) is 1.36. The number of rotatable bonds is 5. The molecule has 5 rings (SSSR count). The van der Waals surface area contributed by atoms with Crippen molar-refractivity contribution in [1.29, 1.82) is 0 Å². The molecule has 2 bridgehead atoms. The highest BCUT2D eigenvalue weighted by molar-refractivity contribution is 5.90. The van der Waals surface area contributed by atoms with Crippen LogP contribution in [0.25, 0.3) is 10.8 Å². The maximum atomic E-state index is 14.2. The fourth-order valence-corrected chi connectivity index (χ4v) is 6.96.